The Balaban J connectivity index is 1.24. The minimum Gasteiger partial charge on any atom is -0.467 e. The summed E-state index contributed by atoms with van der Waals surface area (Å²) in [6.45, 7) is -0.208. The van der Waals surface area contributed by atoms with Gasteiger partial charge in [-0.2, -0.15) is 8.42 Å². The lowest BCUT2D eigenvalue weighted by molar-refractivity contribution is -0.148. The highest BCUT2D eigenvalue weighted by molar-refractivity contribution is 9.10. The number of halogens is 1. The van der Waals surface area contributed by atoms with Gasteiger partial charge in [0.05, 0.1) is 18.1 Å². The first-order valence-electron chi connectivity index (χ1n) is 16.0. The summed E-state index contributed by atoms with van der Waals surface area (Å²) in [4.78, 5) is 55.1. The van der Waals surface area contributed by atoms with Gasteiger partial charge in [-0.3, -0.25) is 13.8 Å². The lowest BCUT2D eigenvalue weighted by atomic mass is 10.0. The second-order valence-electron chi connectivity index (χ2n) is 13.1. The summed E-state index contributed by atoms with van der Waals surface area (Å²) in [6, 6.07) is 3.78. The molecule has 3 saturated carbocycles. The first-order valence-corrected chi connectivity index (χ1v) is 18.2. The van der Waals surface area contributed by atoms with E-state index in [0.717, 1.165) is 32.1 Å². The molecule has 7 atom stereocenters. The third-order valence-electron chi connectivity index (χ3n) is 9.92. The number of methoxy groups -OCH3 is 1. The zero-order valence-corrected chi connectivity index (χ0v) is 28.1. The second-order valence-corrected chi connectivity index (χ2v) is 15.6. The maximum Gasteiger partial charge on any atom is 0.408 e. The monoisotopic (exact) mass is 721 g/mol. The fourth-order valence-electron chi connectivity index (χ4n) is 7.22. The van der Waals surface area contributed by atoms with Crippen LogP contribution in [0.1, 0.15) is 64.2 Å². The Labute approximate surface area is 277 Å². The van der Waals surface area contributed by atoms with Crippen molar-refractivity contribution in [3.63, 3.8) is 0 Å². The zero-order chi connectivity index (χ0) is 32.6. The molecule has 4 fully saturated rings. The molecule has 0 radical (unpaired) electrons. The number of ether oxygens (including phenoxy) is 2. The predicted molar refractivity (Wildman–Crippen MR) is 168 cm³/mol. The van der Waals surface area contributed by atoms with Crippen LogP contribution in [0.2, 0.25) is 0 Å². The van der Waals surface area contributed by atoms with Crippen molar-refractivity contribution >= 4 is 49.9 Å². The average molecular weight is 723 g/mol. The largest absolute Gasteiger partial charge is 0.467 e. The van der Waals surface area contributed by atoms with E-state index in [9.17, 15) is 27.6 Å². The van der Waals surface area contributed by atoms with E-state index in [0.29, 0.717) is 35.6 Å². The van der Waals surface area contributed by atoms with E-state index in [1.807, 2.05) is 12.2 Å². The number of amides is 3. The number of fused-ring (bicyclic) bond motifs is 3. The molecule has 3 aliphatic carbocycles. The first kappa shape index (κ1) is 33.0. The van der Waals surface area contributed by atoms with Crippen molar-refractivity contribution in [3.8, 4) is 0 Å². The molecule has 6 rings (SSSR count). The van der Waals surface area contributed by atoms with Crippen LogP contribution in [0.15, 0.2) is 45.8 Å². The standard InChI is InChI=1S/C32H40BrN3O9S/c1-43-30(39)32-17-21(32)7-5-3-2-4-6-8-26(34-31(40)44-23-14-19-13-20(19)15-23)29(38)36-18-24(16-27(36)28(37)35-32)45-46(41,42)25-11-9-22(33)10-12-25/h5,7,9-12,19-21,23-24,26-27H,2-4,6,8,13-18H2,1H3,(H,34,40)(H,35,37)/t19?,20?,21-,23?,24+,26+,27+,32-/m1/s1. The number of esters is 1. The Morgan fingerprint density at radius 3 is 2.48 bits per heavy atom. The number of hydrogen-bond acceptors (Lipinski definition) is 9. The normalized spacial score (nSPS) is 34.2. The van der Waals surface area contributed by atoms with Crippen molar-refractivity contribution in [1.82, 2.24) is 15.5 Å². The van der Waals surface area contributed by atoms with Gasteiger partial charge in [-0.1, -0.05) is 40.9 Å². The fraction of sp³-hybridized carbons (Fsp3) is 0.625. The number of carbonyl (C=O) groups excluding carboxylic acids is 4. The number of alkyl carbamates (subject to hydrolysis) is 1. The molecular weight excluding hydrogens is 682 g/mol. The molecule has 12 nitrogen and oxygen atoms in total. The van der Waals surface area contributed by atoms with Crippen LogP contribution >= 0.6 is 15.9 Å². The van der Waals surface area contributed by atoms with Crippen LogP contribution in [0.4, 0.5) is 4.79 Å². The molecule has 1 aromatic carbocycles. The van der Waals surface area contributed by atoms with E-state index in [1.54, 1.807) is 12.1 Å². The third kappa shape index (κ3) is 7.13. The highest BCUT2D eigenvalue weighted by Gasteiger charge is 2.62. The van der Waals surface area contributed by atoms with Crippen molar-refractivity contribution in [2.24, 2.45) is 17.8 Å². The quantitative estimate of drug-likeness (QED) is 0.255. The highest BCUT2D eigenvalue weighted by atomic mass is 79.9. The van der Waals surface area contributed by atoms with Gasteiger partial charge in [0.15, 0.2) is 0 Å². The Hall–Kier alpha value is -2.97. The van der Waals surface area contributed by atoms with E-state index in [2.05, 4.69) is 26.6 Å². The molecule has 0 aromatic heterocycles. The lowest BCUT2D eigenvalue weighted by Gasteiger charge is -2.29. The van der Waals surface area contributed by atoms with Crippen LogP contribution in [-0.2, 0) is 38.2 Å². The van der Waals surface area contributed by atoms with Gasteiger partial charge in [0.1, 0.15) is 23.7 Å². The van der Waals surface area contributed by atoms with Gasteiger partial charge in [-0.05, 0) is 81.0 Å². The summed E-state index contributed by atoms with van der Waals surface area (Å²) in [6.07, 6.45) is 8.39. The molecule has 0 spiro atoms. The van der Waals surface area contributed by atoms with Crippen molar-refractivity contribution in [1.29, 1.82) is 0 Å². The number of benzene rings is 1. The van der Waals surface area contributed by atoms with Crippen molar-refractivity contribution in [2.45, 2.75) is 98.9 Å². The van der Waals surface area contributed by atoms with Gasteiger partial charge in [0, 0.05) is 23.4 Å². The molecule has 2 heterocycles. The molecule has 2 N–H and O–H groups in total. The summed E-state index contributed by atoms with van der Waals surface area (Å²) in [5, 5.41) is 5.59. The maximum atomic E-state index is 14.2. The van der Waals surface area contributed by atoms with Crippen LogP contribution in [0, 0.1) is 17.8 Å². The molecule has 250 valence electrons. The average Bonchev–Trinajstić information content (AvgIpc) is 3.81. The van der Waals surface area contributed by atoms with E-state index >= 15 is 0 Å². The van der Waals surface area contributed by atoms with E-state index in [4.69, 9.17) is 13.7 Å². The Bertz CT molecular complexity index is 1490. The van der Waals surface area contributed by atoms with Crippen LogP contribution in [-0.4, -0.2) is 80.7 Å². The van der Waals surface area contributed by atoms with Gasteiger partial charge in [0.2, 0.25) is 11.8 Å². The van der Waals surface area contributed by atoms with Gasteiger partial charge < -0.3 is 25.0 Å². The first-order chi connectivity index (χ1) is 22.0. The number of carbonyl (C=O) groups is 4. The van der Waals surface area contributed by atoms with Gasteiger partial charge in [-0.15, -0.1) is 0 Å². The van der Waals surface area contributed by atoms with Crippen molar-refractivity contribution in [3.05, 3.63) is 40.9 Å². The van der Waals surface area contributed by atoms with E-state index < -0.39 is 57.7 Å². The molecule has 2 unspecified atom stereocenters. The molecule has 1 aromatic rings. The number of rotatable bonds is 6. The molecule has 3 amide bonds. The molecular formula is C32H40BrN3O9S. The predicted octanol–water partition coefficient (Wildman–Crippen LogP) is 3.59. The topological polar surface area (TPSA) is 157 Å². The SMILES string of the molecule is COC(=O)[C@@]12C[C@H]1C=CCCCCC[C@H](NC(=O)OC1CC3CC3C1)C(=O)N1C[C@@H](OS(=O)(=O)c3ccc(Br)cc3)C[C@H]1C(=O)N2. The number of allylic oxidation sites excluding steroid dienone is 1. The maximum absolute atomic E-state index is 14.2. The molecule has 0 bridgehead atoms. The summed E-state index contributed by atoms with van der Waals surface area (Å²) in [5.74, 6) is -0.793. The lowest BCUT2D eigenvalue weighted by Crippen LogP contribution is -2.56. The van der Waals surface area contributed by atoms with Crippen LogP contribution in [0.3, 0.4) is 0 Å². The fourth-order valence-corrected chi connectivity index (χ4v) is 8.56. The Morgan fingerprint density at radius 2 is 1.76 bits per heavy atom. The van der Waals surface area contributed by atoms with Gasteiger partial charge in [-0.25, -0.2) is 9.59 Å². The van der Waals surface area contributed by atoms with Crippen LogP contribution < -0.4 is 10.6 Å². The highest BCUT2D eigenvalue weighted by Crippen LogP contribution is 2.52. The molecule has 5 aliphatic rings. The van der Waals surface area contributed by atoms with E-state index in [-0.39, 0.29) is 29.9 Å². The van der Waals surface area contributed by atoms with Gasteiger partial charge in [0.25, 0.3) is 10.1 Å². The third-order valence-corrected chi connectivity index (χ3v) is 11.8. The van der Waals surface area contributed by atoms with Crippen molar-refractivity contribution in [2.75, 3.05) is 13.7 Å². The minimum atomic E-state index is -4.24. The van der Waals surface area contributed by atoms with E-state index in [1.165, 1.54) is 30.6 Å². The number of nitrogens with zero attached hydrogens (tertiary/aromatic N) is 1. The summed E-state index contributed by atoms with van der Waals surface area (Å²) in [7, 11) is -2.98. The Kier molecular flexibility index (Phi) is 9.50. The number of nitrogens with one attached hydrogen (secondary N) is 2. The zero-order valence-electron chi connectivity index (χ0n) is 25.7. The second kappa shape index (κ2) is 13.3. The van der Waals surface area contributed by atoms with Gasteiger partial charge >= 0.3 is 12.1 Å². The molecule has 14 heteroatoms. The molecule has 1 saturated heterocycles. The Morgan fingerprint density at radius 1 is 1.02 bits per heavy atom. The number of hydrogen-bond donors (Lipinski definition) is 2. The molecule has 2 aliphatic heterocycles. The van der Waals surface area contributed by atoms with Crippen molar-refractivity contribution < 1.29 is 41.3 Å². The van der Waals surface area contributed by atoms with Crippen LogP contribution in [0.5, 0.6) is 0 Å². The minimum absolute atomic E-state index is 0.0694. The molecule has 46 heavy (non-hydrogen) atoms. The summed E-state index contributed by atoms with van der Waals surface area (Å²) in [5.41, 5.74) is -1.27. The smallest absolute Gasteiger partial charge is 0.408 e. The van der Waals surface area contributed by atoms with Crippen LogP contribution in [0.25, 0.3) is 0 Å². The summed E-state index contributed by atoms with van der Waals surface area (Å²) >= 11 is 3.29. The summed E-state index contributed by atoms with van der Waals surface area (Å²) < 4.78 is 43.3.